The van der Waals surface area contributed by atoms with E-state index in [0.29, 0.717) is 29.4 Å². The molecule has 4 nitrogen and oxygen atoms in total. The molecule has 3 saturated heterocycles. The number of nitrogens with two attached hydrogens (primary N) is 1. The summed E-state index contributed by atoms with van der Waals surface area (Å²) in [6, 6.07) is 6.26. The van der Waals surface area contributed by atoms with Gasteiger partial charge in [0.1, 0.15) is 5.82 Å². The maximum Gasteiger partial charge on any atom is 0.148 e. The van der Waals surface area contributed by atoms with Crippen LogP contribution < -0.4 is 10.6 Å². The van der Waals surface area contributed by atoms with E-state index in [-0.39, 0.29) is 5.82 Å². The Bertz CT molecular complexity index is 510. The number of nitrogen functional groups attached to an aromatic ring is 1. The molecule has 3 aliphatic heterocycles. The van der Waals surface area contributed by atoms with Crippen LogP contribution >= 0.6 is 0 Å². The van der Waals surface area contributed by atoms with Crippen molar-refractivity contribution in [3.8, 4) is 0 Å². The van der Waals surface area contributed by atoms with Crippen molar-refractivity contribution in [1.29, 1.82) is 0 Å². The molecule has 3 aliphatic rings. The van der Waals surface area contributed by atoms with Crippen molar-refractivity contribution in [2.75, 3.05) is 43.5 Å². The van der Waals surface area contributed by atoms with Gasteiger partial charge in [0, 0.05) is 31.7 Å². The van der Waals surface area contributed by atoms with E-state index in [1.807, 2.05) is 0 Å². The van der Waals surface area contributed by atoms with E-state index in [1.54, 1.807) is 12.1 Å². The number of benzene rings is 1. The molecule has 22 heavy (non-hydrogen) atoms. The first-order chi connectivity index (χ1) is 10.7. The number of hydrogen-bond donors (Lipinski definition) is 1. The van der Waals surface area contributed by atoms with Crippen LogP contribution in [0.25, 0.3) is 0 Å². The molecule has 120 valence electrons. The second-order valence-electron chi connectivity index (χ2n) is 6.89. The Morgan fingerprint density at radius 2 is 1.91 bits per heavy atom. The van der Waals surface area contributed by atoms with Crippen LogP contribution in [0.3, 0.4) is 0 Å². The summed E-state index contributed by atoms with van der Waals surface area (Å²) in [4.78, 5) is 4.74. The highest BCUT2D eigenvalue weighted by molar-refractivity contribution is 5.68. The number of fused-ring (bicyclic) bond motifs is 2. The molecule has 3 heterocycles. The van der Waals surface area contributed by atoms with Crippen LogP contribution in [0, 0.1) is 11.7 Å². The van der Waals surface area contributed by atoms with Crippen molar-refractivity contribution in [3.63, 3.8) is 0 Å². The normalized spacial score (nSPS) is 29.4. The smallest absolute Gasteiger partial charge is 0.148 e. The summed E-state index contributed by atoms with van der Waals surface area (Å²) >= 11 is 0. The number of rotatable bonds is 3. The lowest BCUT2D eigenvalue weighted by Crippen LogP contribution is -2.64. The Labute approximate surface area is 131 Å². The van der Waals surface area contributed by atoms with Gasteiger partial charge < -0.3 is 15.4 Å². The third-order valence-corrected chi connectivity index (χ3v) is 5.52. The van der Waals surface area contributed by atoms with Gasteiger partial charge in [-0.15, -0.1) is 0 Å². The number of morpholine rings is 1. The van der Waals surface area contributed by atoms with Gasteiger partial charge in [0.15, 0.2) is 0 Å². The summed E-state index contributed by atoms with van der Waals surface area (Å²) in [6.07, 6.45) is 3.54. The van der Waals surface area contributed by atoms with E-state index in [9.17, 15) is 4.39 Å². The molecule has 0 saturated carbocycles. The Morgan fingerprint density at radius 3 is 2.55 bits per heavy atom. The van der Waals surface area contributed by atoms with E-state index in [1.165, 1.54) is 19.0 Å². The highest BCUT2D eigenvalue weighted by Gasteiger charge is 2.43. The molecule has 0 amide bonds. The standard InChI is InChI=1S/C17H24FN3O/c18-15-2-1-3-16(19)17(15)20-6-4-12(5-7-20)9-21-13-8-14(21)11-22-10-13/h1-3,12-14H,4-11,19H2. The monoisotopic (exact) mass is 305 g/mol. The van der Waals surface area contributed by atoms with E-state index in [2.05, 4.69) is 9.80 Å². The van der Waals surface area contributed by atoms with Gasteiger partial charge in [-0.3, -0.25) is 4.90 Å². The van der Waals surface area contributed by atoms with Crippen molar-refractivity contribution in [2.24, 2.45) is 5.92 Å². The van der Waals surface area contributed by atoms with Crippen molar-refractivity contribution >= 4 is 11.4 Å². The zero-order chi connectivity index (χ0) is 15.1. The fraction of sp³-hybridized carbons (Fsp3) is 0.647. The molecule has 2 N–H and O–H groups in total. The summed E-state index contributed by atoms with van der Waals surface area (Å²) in [7, 11) is 0. The second-order valence-corrected chi connectivity index (χ2v) is 6.89. The number of halogens is 1. The van der Waals surface area contributed by atoms with Gasteiger partial charge in [-0.25, -0.2) is 4.39 Å². The fourth-order valence-corrected chi connectivity index (χ4v) is 4.21. The van der Waals surface area contributed by atoms with E-state index >= 15 is 0 Å². The van der Waals surface area contributed by atoms with E-state index in [0.717, 1.165) is 39.1 Å². The maximum absolute atomic E-state index is 14.0. The van der Waals surface area contributed by atoms with Gasteiger partial charge in [0.2, 0.25) is 0 Å². The third kappa shape index (κ3) is 2.46. The summed E-state index contributed by atoms with van der Waals surface area (Å²) in [6.45, 7) is 4.78. The molecule has 4 rings (SSSR count). The number of ether oxygens (including phenoxy) is 1. The summed E-state index contributed by atoms with van der Waals surface area (Å²) in [5.74, 6) is 0.514. The predicted molar refractivity (Wildman–Crippen MR) is 85.5 cm³/mol. The Kier molecular flexibility index (Phi) is 3.70. The molecule has 1 aromatic rings. The van der Waals surface area contributed by atoms with Gasteiger partial charge in [-0.1, -0.05) is 6.07 Å². The third-order valence-electron chi connectivity index (χ3n) is 5.52. The molecule has 0 aliphatic carbocycles. The minimum Gasteiger partial charge on any atom is -0.397 e. The summed E-state index contributed by atoms with van der Waals surface area (Å²) in [5.41, 5.74) is 7.10. The molecule has 1 aromatic carbocycles. The van der Waals surface area contributed by atoms with Crippen LogP contribution in [0.1, 0.15) is 19.3 Å². The zero-order valence-electron chi connectivity index (χ0n) is 12.9. The molecular weight excluding hydrogens is 281 g/mol. The van der Waals surface area contributed by atoms with Gasteiger partial charge >= 0.3 is 0 Å². The van der Waals surface area contributed by atoms with Gasteiger partial charge in [-0.05, 0) is 37.3 Å². The zero-order valence-corrected chi connectivity index (χ0v) is 12.9. The topological polar surface area (TPSA) is 41.7 Å². The van der Waals surface area contributed by atoms with Gasteiger partial charge in [0.05, 0.1) is 24.6 Å². The second kappa shape index (κ2) is 5.70. The van der Waals surface area contributed by atoms with Crippen molar-refractivity contribution in [3.05, 3.63) is 24.0 Å². The van der Waals surface area contributed by atoms with Crippen molar-refractivity contribution in [2.45, 2.75) is 31.3 Å². The highest BCUT2D eigenvalue weighted by atomic mass is 19.1. The maximum atomic E-state index is 14.0. The Balaban J connectivity index is 1.35. The van der Waals surface area contributed by atoms with Crippen LogP contribution in [0.15, 0.2) is 18.2 Å². The molecule has 2 atom stereocenters. The SMILES string of the molecule is Nc1cccc(F)c1N1CCC(CN2C3COCC2C3)CC1. The first-order valence-corrected chi connectivity index (χ1v) is 8.35. The predicted octanol–water partition coefficient (Wildman–Crippen LogP) is 2.10. The quantitative estimate of drug-likeness (QED) is 0.868. The van der Waals surface area contributed by atoms with Gasteiger partial charge in [-0.2, -0.15) is 0 Å². The van der Waals surface area contributed by atoms with E-state index < -0.39 is 0 Å². The number of nitrogens with zero attached hydrogens (tertiary/aromatic N) is 2. The highest BCUT2D eigenvalue weighted by Crippen LogP contribution is 2.35. The largest absolute Gasteiger partial charge is 0.397 e. The average molecular weight is 305 g/mol. The Morgan fingerprint density at radius 1 is 1.18 bits per heavy atom. The minimum absolute atomic E-state index is 0.201. The minimum atomic E-state index is -0.201. The van der Waals surface area contributed by atoms with Crippen LogP contribution in [0.4, 0.5) is 15.8 Å². The van der Waals surface area contributed by atoms with Crippen LogP contribution in [0.2, 0.25) is 0 Å². The number of para-hydroxylation sites is 1. The lowest BCUT2D eigenvalue weighted by molar-refractivity contribution is -0.133. The van der Waals surface area contributed by atoms with Crippen LogP contribution in [-0.2, 0) is 4.74 Å². The molecule has 0 spiro atoms. The Hall–Kier alpha value is -1.33. The van der Waals surface area contributed by atoms with Crippen LogP contribution in [-0.4, -0.2) is 49.8 Å². The molecule has 0 aromatic heterocycles. The van der Waals surface area contributed by atoms with E-state index in [4.69, 9.17) is 10.5 Å². The molecule has 2 bridgehead atoms. The number of anilines is 2. The molecule has 3 fully saturated rings. The average Bonchev–Trinajstić information content (AvgIpc) is 2.54. The fourth-order valence-electron chi connectivity index (χ4n) is 4.21. The molecule has 5 heteroatoms. The van der Waals surface area contributed by atoms with Gasteiger partial charge in [0.25, 0.3) is 0 Å². The summed E-state index contributed by atoms with van der Waals surface area (Å²) < 4.78 is 19.6. The summed E-state index contributed by atoms with van der Waals surface area (Å²) in [5, 5.41) is 0. The van der Waals surface area contributed by atoms with Crippen molar-refractivity contribution in [1.82, 2.24) is 4.90 Å². The lowest BCUT2D eigenvalue weighted by atomic mass is 9.87. The number of hydrogen-bond acceptors (Lipinski definition) is 4. The first kappa shape index (κ1) is 14.3. The molecular formula is C17H24FN3O. The first-order valence-electron chi connectivity index (χ1n) is 8.35. The van der Waals surface area contributed by atoms with Crippen LogP contribution in [0.5, 0.6) is 0 Å². The number of piperidine rings is 1. The lowest BCUT2D eigenvalue weighted by Gasteiger charge is -2.54. The molecule has 2 unspecified atom stereocenters. The molecule has 0 radical (unpaired) electrons. The van der Waals surface area contributed by atoms with Crippen molar-refractivity contribution < 1.29 is 9.13 Å².